The Kier molecular flexibility index (Phi) is 4.36. The Labute approximate surface area is 144 Å². The van der Waals surface area contributed by atoms with E-state index < -0.39 is 5.82 Å². The van der Waals surface area contributed by atoms with Crippen molar-refractivity contribution in [2.45, 2.75) is 0 Å². The summed E-state index contributed by atoms with van der Waals surface area (Å²) in [5.41, 5.74) is 8.57. The van der Waals surface area contributed by atoms with E-state index in [0.717, 1.165) is 26.6 Å². The van der Waals surface area contributed by atoms with E-state index in [-0.39, 0.29) is 11.4 Å². The van der Waals surface area contributed by atoms with Crippen molar-refractivity contribution in [1.29, 1.82) is 5.41 Å². The molecule has 0 radical (unpaired) electrons. The lowest BCUT2D eigenvalue weighted by Crippen LogP contribution is -2.12. The van der Waals surface area contributed by atoms with Gasteiger partial charge in [0.25, 0.3) is 0 Å². The molecular formula is C19H18FN3S. The molecule has 0 fully saturated rings. The van der Waals surface area contributed by atoms with Crippen LogP contribution in [0, 0.1) is 11.2 Å². The number of hydrogen-bond acceptors (Lipinski definition) is 3. The van der Waals surface area contributed by atoms with Crippen molar-refractivity contribution >= 4 is 22.9 Å². The number of nitrogens with two attached hydrogens (primary N) is 1. The molecule has 3 nitrogen and oxygen atoms in total. The third-order valence-corrected chi connectivity index (χ3v) is 5.00. The van der Waals surface area contributed by atoms with Gasteiger partial charge in [-0.15, -0.1) is 11.3 Å². The summed E-state index contributed by atoms with van der Waals surface area (Å²) in [6.07, 6.45) is 0. The summed E-state index contributed by atoms with van der Waals surface area (Å²) in [6, 6.07) is 17.1. The fourth-order valence-corrected chi connectivity index (χ4v) is 3.47. The zero-order valence-electron chi connectivity index (χ0n) is 13.5. The first kappa shape index (κ1) is 16.2. The SMILES string of the molecule is CN(C)c1ccc(-c2ccc(-c3ccc(C(=N)N)c(F)c3)s2)cc1. The van der Waals surface area contributed by atoms with Gasteiger partial charge in [0.15, 0.2) is 0 Å². The maximum atomic E-state index is 14.0. The molecule has 0 unspecified atom stereocenters. The Balaban J connectivity index is 1.90. The molecule has 0 saturated carbocycles. The van der Waals surface area contributed by atoms with Crippen LogP contribution in [0.1, 0.15) is 5.56 Å². The number of nitrogens with zero attached hydrogens (tertiary/aromatic N) is 1. The molecule has 1 aromatic heterocycles. The van der Waals surface area contributed by atoms with E-state index in [1.54, 1.807) is 23.5 Å². The van der Waals surface area contributed by atoms with E-state index in [1.807, 2.05) is 26.2 Å². The van der Waals surface area contributed by atoms with Crippen LogP contribution < -0.4 is 10.6 Å². The Morgan fingerprint density at radius 1 is 0.958 bits per heavy atom. The van der Waals surface area contributed by atoms with E-state index in [4.69, 9.17) is 11.1 Å². The number of amidine groups is 1. The molecule has 24 heavy (non-hydrogen) atoms. The smallest absolute Gasteiger partial charge is 0.134 e. The molecule has 0 aliphatic rings. The number of rotatable bonds is 4. The van der Waals surface area contributed by atoms with Gasteiger partial charge in [0.05, 0.1) is 5.56 Å². The van der Waals surface area contributed by atoms with Crippen LogP contribution in [-0.2, 0) is 0 Å². The fraction of sp³-hybridized carbons (Fsp3) is 0.105. The summed E-state index contributed by atoms with van der Waals surface area (Å²) >= 11 is 1.61. The van der Waals surface area contributed by atoms with Gasteiger partial charge >= 0.3 is 0 Å². The molecule has 3 rings (SSSR count). The van der Waals surface area contributed by atoms with E-state index >= 15 is 0 Å². The molecule has 1 heterocycles. The van der Waals surface area contributed by atoms with Gasteiger partial charge in [-0.3, -0.25) is 5.41 Å². The summed E-state index contributed by atoms with van der Waals surface area (Å²) in [7, 11) is 4.02. The number of thiophene rings is 1. The number of anilines is 1. The van der Waals surface area contributed by atoms with Crippen molar-refractivity contribution in [1.82, 2.24) is 0 Å². The average Bonchev–Trinajstić information content (AvgIpc) is 3.04. The predicted octanol–water partition coefficient (Wildman–Crippen LogP) is 4.57. The number of nitrogens with one attached hydrogen (secondary N) is 1. The van der Waals surface area contributed by atoms with Gasteiger partial charge in [-0.1, -0.05) is 18.2 Å². The molecule has 0 saturated heterocycles. The van der Waals surface area contributed by atoms with E-state index in [1.165, 1.54) is 6.07 Å². The average molecular weight is 339 g/mol. The van der Waals surface area contributed by atoms with Crippen LogP contribution in [0.4, 0.5) is 10.1 Å². The monoisotopic (exact) mass is 339 g/mol. The minimum atomic E-state index is -0.467. The fourth-order valence-electron chi connectivity index (χ4n) is 2.46. The highest BCUT2D eigenvalue weighted by molar-refractivity contribution is 7.18. The van der Waals surface area contributed by atoms with Crippen molar-refractivity contribution < 1.29 is 4.39 Å². The van der Waals surface area contributed by atoms with E-state index in [2.05, 4.69) is 29.2 Å². The van der Waals surface area contributed by atoms with Crippen LogP contribution in [0.2, 0.25) is 0 Å². The Morgan fingerprint density at radius 2 is 1.54 bits per heavy atom. The second-order valence-electron chi connectivity index (χ2n) is 5.71. The first-order chi connectivity index (χ1) is 11.5. The summed E-state index contributed by atoms with van der Waals surface area (Å²) in [5, 5.41) is 7.35. The molecule has 2 aromatic carbocycles. The van der Waals surface area contributed by atoms with Gasteiger partial charge < -0.3 is 10.6 Å². The third-order valence-electron chi connectivity index (χ3n) is 3.82. The van der Waals surface area contributed by atoms with Crippen LogP contribution in [0.5, 0.6) is 0 Å². The second kappa shape index (κ2) is 6.45. The van der Waals surface area contributed by atoms with Gasteiger partial charge in [-0.2, -0.15) is 0 Å². The van der Waals surface area contributed by atoms with Crippen molar-refractivity contribution in [3.63, 3.8) is 0 Å². The molecule has 122 valence electrons. The lowest BCUT2D eigenvalue weighted by Gasteiger charge is -2.12. The minimum absolute atomic E-state index is 0.134. The van der Waals surface area contributed by atoms with Crippen molar-refractivity contribution in [2.75, 3.05) is 19.0 Å². The third kappa shape index (κ3) is 3.16. The van der Waals surface area contributed by atoms with Gasteiger partial charge in [-0.25, -0.2) is 4.39 Å². The molecule has 0 spiro atoms. The number of halogens is 1. The molecular weight excluding hydrogens is 321 g/mol. The Hall–Kier alpha value is -2.66. The Bertz CT molecular complexity index is 882. The molecule has 0 bridgehead atoms. The van der Waals surface area contributed by atoms with Crippen molar-refractivity contribution in [3.05, 3.63) is 66.0 Å². The normalized spacial score (nSPS) is 10.6. The second-order valence-corrected chi connectivity index (χ2v) is 6.80. The lowest BCUT2D eigenvalue weighted by molar-refractivity contribution is 0.625. The maximum absolute atomic E-state index is 14.0. The van der Waals surface area contributed by atoms with Crippen LogP contribution in [0.15, 0.2) is 54.6 Å². The van der Waals surface area contributed by atoms with Crippen molar-refractivity contribution in [3.8, 4) is 20.9 Å². The van der Waals surface area contributed by atoms with Crippen LogP contribution in [0.25, 0.3) is 20.9 Å². The molecule has 5 heteroatoms. The highest BCUT2D eigenvalue weighted by atomic mass is 32.1. The van der Waals surface area contributed by atoms with Crippen molar-refractivity contribution in [2.24, 2.45) is 5.73 Å². The highest BCUT2D eigenvalue weighted by Crippen LogP contribution is 2.35. The summed E-state index contributed by atoms with van der Waals surface area (Å²) < 4.78 is 14.0. The number of benzene rings is 2. The molecule has 0 atom stereocenters. The number of nitrogen functional groups attached to an aromatic ring is 1. The van der Waals surface area contributed by atoms with E-state index in [9.17, 15) is 4.39 Å². The zero-order valence-corrected chi connectivity index (χ0v) is 14.3. The summed E-state index contributed by atoms with van der Waals surface area (Å²) in [5.74, 6) is -0.725. The topological polar surface area (TPSA) is 53.1 Å². The minimum Gasteiger partial charge on any atom is -0.384 e. The summed E-state index contributed by atoms with van der Waals surface area (Å²) in [6.45, 7) is 0. The van der Waals surface area contributed by atoms with E-state index in [0.29, 0.717) is 0 Å². The zero-order chi connectivity index (χ0) is 17.3. The standard InChI is InChI=1S/C19H18FN3S/c1-23(2)14-6-3-12(4-7-14)17-9-10-18(24-17)13-5-8-15(19(21)22)16(20)11-13/h3-11H,1-2H3,(H3,21,22). The van der Waals surface area contributed by atoms with Gasteiger partial charge in [0.2, 0.25) is 0 Å². The molecule has 3 N–H and O–H groups in total. The summed E-state index contributed by atoms with van der Waals surface area (Å²) in [4.78, 5) is 4.17. The van der Waals surface area contributed by atoms with Gasteiger partial charge in [0, 0.05) is 29.5 Å². The van der Waals surface area contributed by atoms with Gasteiger partial charge in [-0.05, 0) is 47.5 Å². The van der Waals surface area contributed by atoms with Crippen LogP contribution in [-0.4, -0.2) is 19.9 Å². The van der Waals surface area contributed by atoms with Gasteiger partial charge in [0.1, 0.15) is 11.7 Å². The Morgan fingerprint density at radius 3 is 2.08 bits per heavy atom. The first-order valence-corrected chi connectivity index (χ1v) is 8.29. The molecule has 0 aliphatic heterocycles. The molecule has 0 aliphatic carbocycles. The van der Waals surface area contributed by atoms with Crippen LogP contribution >= 0.6 is 11.3 Å². The maximum Gasteiger partial charge on any atom is 0.134 e. The predicted molar refractivity (Wildman–Crippen MR) is 100 cm³/mol. The highest BCUT2D eigenvalue weighted by Gasteiger charge is 2.10. The number of hydrogen-bond donors (Lipinski definition) is 2. The first-order valence-electron chi connectivity index (χ1n) is 7.47. The quantitative estimate of drug-likeness (QED) is 0.540. The van der Waals surface area contributed by atoms with Crippen LogP contribution in [0.3, 0.4) is 0 Å². The largest absolute Gasteiger partial charge is 0.384 e. The lowest BCUT2D eigenvalue weighted by atomic mass is 10.1. The molecule has 0 amide bonds. The molecule has 3 aromatic rings.